The van der Waals surface area contributed by atoms with E-state index in [1.807, 2.05) is 25.3 Å². The van der Waals surface area contributed by atoms with Gasteiger partial charge in [-0.2, -0.15) is 4.98 Å². The number of nitrogens with zero attached hydrogens (tertiary/aromatic N) is 3. The summed E-state index contributed by atoms with van der Waals surface area (Å²) >= 11 is 7.64. The molecule has 108 valence electrons. The smallest absolute Gasteiger partial charge is 0.321 e. The summed E-state index contributed by atoms with van der Waals surface area (Å²) < 4.78 is 5.17. The Labute approximate surface area is 131 Å². The van der Waals surface area contributed by atoms with E-state index in [0.29, 0.717) is 23.4 Å². The van der Waals surface area contributed by atoms with E-state index in [1.54, 1.807) is 23.5 Å². The first-order valence-corrected chi connectivity index (χ1v) is 7.65. The first-order chi connectivity index (χ1) is 10.2. The van der Waals surface area contributed by atoms with E-state index in [0.717, 1.165) is 17.0 Å². The van der Waals surface area contributed by atoms with E-state index in [1.165, 1.54) is 4.88 Å². The van der Waals surface area contributed by atoms with Gasteiger partial charge >= 0.3 is 6.01 Å². The van der Waals surface area contributed by atoms with Crippen LogP contribution in [-0.2, 0) is 6.42 Å². The SMILES string of the molecule is Cc1cnc(CCNc2nc(-c3cccc(Cl)c3)no2)s1. The lowest BCUT2D eigenvalue weighted by molar-refractivity contribution is 0.432. The highest BCUT2D eigenvalue weighted by molar-refractivity contribution is 7.11. The second kappa shape index (κ2) is 6.24. The average molecular weight is 321 g/mol. The second-order valence-corrected chi connectivity index (χ2v) is 6.23. The molecule has 21 heavy (non-hydrogen) atoms. The fraction of sp³-hybridized carbons (Fsp3) is 0.214. The molecule has 0 spiro atoms. The maximum atomic E-state index is 5.95. The molecule has 1 aromatic carbocycles. The van der Waals surface area contributed by atoms with Crippen LogP contribution in [0.5, 0.6) is 0 Å². The van der Waals surface area contributed by atoms with Crippen molar-refractivity contribution in [1.29, 1.82) is 0 Å². The number of thiazole rings is 1. The number of benzene rings is 1. The first-order valence-electron chi connectivity index (χ1n) is 6.45. The van der Waals surface area contributed by atoms with Crippen molar-refractivity contribution in [3.05, 3.63) is 45.4 Å². The molecule has 0 aliphatic rings. The zero-order chi connectivity index (χ0) is 14.7. The third-order valence-corrected chi connectivity index (χ3v) is 4.00. The predicted molar refractivity (Wildman–Crippen MR) is 83.8 cm³/mol. The van der Waals surface area contributed by atoms with Gasteiger partial charge in [0.25, 0.3) is 0 Å². The van der Waals surface area contributed by atoms with E-state index >= 15 is 0 Å². The number of halogens is 1. The number of hydrogen-bond donors (Lipinski definition) is 1. The molecule has 0 aliphatic heterocycles. The molecule has 7 heteroatoms. The quantitative estimate of drug-likeness (QED) is 0.774. The summed E-state index contributed by atoms with van der Waals surface area (Å²) in [4.78, 5) is 9.81. The van der Waals surface area contributed by atoms with Gasteiger partial charge in [0.1, 0.15) is 0 Å². The number of nitrogens with one attached hydrogen (secondary N) is 1. The molecule has 0 saturated carbocycles. The minimum atomic E-state index is 0.401. The van der Waals surface area contributed by atoms with Crippen LogP contribution in [0, 0.1) is 6.92 Å². The highest BCUT2D eigenvalue weighted by Crippen LogP contribution is 2.21. The molecule has 0 fully saturated rings. The zero-order valence-corrected chi connectivity index (χ0v) is 12.9. The van der Waals surface area contributed by atoms with E-state index in [4.69, 9.17) is 16.1 Å². The maximum absolute atomic E-state index is 5.95. The normalized spacial score (nSPS) is 10.8. The van der Waals surface area contributed by atoms with Gasteiger partial charge in [-0.3, -0.25) is 0 Å². The van der Waals surface area contributed by atoms with Gasteiger partial charge in [0.05, 0.1) is 5.01 Å². The van der Waals surface area contributed by atoms with E-state index in [9.17, 15) is 0 Å². The minimum absolute atomic E-state index is 0.401. The molecular formula is C14H13ClN4OS. The lowest BCUT2D eigenvalue weighted by atomic mass is 10.2. The number of aryl methyl sites for hydroxylation is 1. The molecule has 2 heterocycles. The van der Waals surface area contributed by atoms with Crippen LogP contribution in [0.1, 0.15) is 9.88 Å². The molecule has 3 rings (SSSR count). The van der Waals surface area contributed by atoms with Crippen LogP contribution < -0.4 is 5.32 Å². The van der Waals surface area contributed by atoms with E-state index in [-0.39, 0.29) is 0 Å². The predicted octanol–water partition coefficient (Wildman–Crippen LogP) is 3.81. The molecular weight excluding hydrogens is 308 g/mol. The summed E-state index contributed by atoms with van der Waals surface area (Å²) in [5, 5.41) is 8.77. The molecule has 5 nitrogen and oxygen atoms in total. The van der Waals surface area contributed by atoms with E-state index < -0.39 is 0 Å². The number of rotatable bonds is 5. The summed E-state index contributed by atoms with van der Waals surface area (Å²) in [6.45, 7) is 2.74. The van der Waals surface area contributed by atoms with Crippen LogP contribution in [0.3, 0.4) is 0 Å². The Morgan fingerprint density at radius 3 is 3.05 bits per heavy atom. The average Bonchev–Trinajstić information content (AvgIpc) is 3.08. The molecule has 3 aromatic rings. The molecule has 0 atom stereocenters. The highest BCUT2D eigenvalue weighted by atomic mass is 35.5. The molecule has 0 radical (unpaired) electrons. The van der Waals surface area contributed by atoms with Gasteiger partial charge in [-0.25, -0.2) is 4.98 Å². The van der Waals surface area contributed by atoms with Gasteiger partial charge in [-0.05, 0) is 19.1 Å². The molecule has 0 aliphatic carbocycles. The minimum Gasteiger partial charge on any atom is -0.337 e. The Morgan fingerprint density at radius 1 is 1.38 bits per heavy atom. The summed E-state index contributed by atoms with van der Waals surface area (Å²) in [6.07, 6.45) is 2.71. The lowest BCUT2D eigenvalue weighted by Crippen LogP contribution is -2.04. The largest absolute Gasteiger partial charge is 0.337 e. The second-order valence-electron chi connectivity index (χ2n) is 4.47. The standard InChI is InChI=1S/C14H13ClN4OS/c1-9-8-17-12(21-9)5-6-16-14-18-13(19-20-14)10-3-2-4-11(15)7-10/h2-4,7-8H,5-6H2,1H3,(H,16,18,19). The van der Waals surface area contributed by atoms with Gasteiger partial charge in [-0.15, -0.1) is 11.3 Å². The van der Waals surface area contributed by atoms with Gasteiger partial charge in [0.2, 0.25) is 5.82 Å². The van der Waals surface area contributed by atoms with Gasteiger partial charge in [-0.1, -0.05) is 28.9 Å². The maximum Gasteiger partial charge on any atom is 0.321 e. The summed E-state index contributed by atoms with van der Waals surface area (Å²) in [5.41, 5.74) is 0.829. The van der Waals surface area contributed by atoms with Crippen molar-refractivity contribution in [2.24, 2.45) is 0 Å². The summed E-state index contributed by atoms with van der Waals surface area (Å²) in [7, 11) is 0. The topological polar surface area (TPSA) is 63.8 Å². The van der Waals surface area contributed by atoms with Crippen molar-refractivity contribution in [3.8, 4) is 11.4 Å². The number of anilines is 1. The third kappa shape index (κ3) is 3.59. The van der Waals surface area contributed by atoms with Crippen LogP contribution >= 0.6 is 22.9 Å². The van der Waals surface area contributed by atoms with Crippen molar-refractivity contribution in [2.75, 3.05) is 11.9 Å². The Bertz CT molecular complexity index is 740. The van der Waals surface area contributed by atoms with Crippen LogP contribution in [0.4, 0.5) is 6.01 Å². The van der Waals surface area contributed by atoms with Crippen LogP contribution in [-0.4, -0.2) is 21.7 Å². The van der Waals surface area contributed by atoms with Crippen molar-refractivity contribution in [3.63, 3.8) is 0 Å². The molecule has 0 saturated heterocycles. The van der Waals surface area contributed by atoms with Crippen LogP contribution in [0.15, 0.2) is 35.0 Å². The van der Waals surface area contributed by atoms with Crippen LogP contribution in [0.2, 0.25) is 5.02 Å². The fourth-order valence-corrected chi connectivity index (χ4v) is 2.81. The number of hydrogen-bond acceptors (Lipinski definition) is 6. The Hall–Kier alpha value is -1.92. The van der Waals surface area contributed by atoms with Crippen molar-refractivity contribution < 1.29 is 4.52 Å². The first kappa shape index (κ1) is 14.0. The fourth-order valence-electron chi connectivity index (χ4n) is 1.83. The Kier molecular flexibility index (Phi) is 4.17. The third-order valence-electron chi connectivity index (χ3n) is 2.79. The van der Waals surface area contributed by atoms with Gasteiger partial charge < -0.3 is 9.84 Å². The van der Waals surface area contributed by atoms with Crippen molar-refractivity contribution >= 4 is 29.0 Å². The molecule has 0 bridgehead atoms. The zero-order valence-electron chi connectivity index (χ0n) is 11.3. The number of aromatic nitrogens is 3. The van der Waals surface area contributed by atoms with Gasteiger partial charge in [0.15, 0.2) is 0 Å². The highest BCUT2D eigenvalue weighted by Gasteiger charge is 2.08. The Balaban J connectivity index is 1.60. The van der Waals surface area contributed by atoms with Crippen LogP contribution in [0.25, 0.3) is 11.4 Å². The Morgan fingerprint density at radius 2 is 2.29 bits per heavy atom. The molecule has 0 unspecified atom stereocenters. The monoisotopic (exact) mass is 320 g/mol. The molecule has 1 N–H and O–H groups in total. The summed E-state index contributed by atoms with van der Waals surface area (Å²) in [6, 6.07) is 7.75. The van der Waals surface area contributed by atoms with Crippen molar-refractivity contribution in [2.45, 2.75) is 13.3 Å². The van der Waals surface area contributed by atoms with E-state index in [2.05, 4.69) is 20.4 Å². The molecule has 2 aromatic heterocycles. The summed E-state index contributed by atoms with van der Waals surface area (Å²) in [5.74, 6) is 0.519. The lowest BCUT2D eigenvalue weighted by Gasteiger charge is -1.97. The molecule has 0 amide bonds. The van der Waals surface area contributed by atoms with Crippen molar-refractivity contribution in [1.82, 2.24) is 15.1 Å². The van der Waals surface area contributed by atoms with Gasteiger partial charge in [0, 0.05) is 34.6 Å².